The van der Waals surface area contributed by atoms with Crippen LogP contribution in [-0.4, -0.2) is 30.4 Å². The van der Waals surface area contributed by atoms with Gasteiger partial charge in [-0.05, 0) is 43.6 Å². The van der Waals surface area contributed by atoms with Gasteiger partial charge in [0.05, 0.1) is 0 Å². The van der Waals surface area contributed by atoms with E-state index in [1.807, 2.05) is 0 Å². The highest BCUT2D eigenvalue weighted by Gasteiger charge is 2.48. The fourth-order valence-corrected chi connectivity index (χ4v) is 3.59. The molecule has 4 heteroatoms. The van der Waals surface area contributed by atoms with Gasteiger partial charge in [-0.2, -0.15) is 0 Å². The molecule has 0 radical (unpaired) electrons. The average molecular weight is 289 g/mol. The van der Waals surface area contributed by atoms with Gasteiger partial charge >= 0.3 is 0 Å². The van der Waals surface area contributed by atoms with Crippen molar-refractivity contribution in [2.45, 2.75) is 52.9 Å². The number of nitrogens with two attached hydrogens (primary N) is 1. The molecule has 3 nitrogen and oxygen atoms in total. The highest BCUT2D eigenvalue weighted by Crippen LogP contribution is 2.48. The molecule has 1 amide bonds. The predicted octanol–water partition coefficient (Wildman–Crippen LogP) is 2.82. The molecule has 0 spiro atoms. The molecule has 0 aromatic heterocycles. The van der Waals surface area contributed by atoms with Crippen LogP contribution in [0.4, 0.5) is 0 Å². The van der Waals surface area contributed by atoms with Gasteiger partial charge in [-0.25, -0.2) is 0 Å². The largest absolute Gasteiger partial charge is 0.342 e. The van der Waals surface area contributed by atoms with Crippen LogP contribution in [0.5, 0.6) is 0 Å². The summed E-state index contributed by atoms with van der Waals surface area (Å²) >= 11 is 0. The summed E-state index contributed by atoms with van der Waals surface area (Å²) in [6.45, 7) is 9.11. The van der Waals surface area contributed by atoms with Crippen LogP contribution in [0.25, 0.3) is 0 Å². The van der Waals surface area contributed by atoms with Crippen LogP contribution in [0.3, 0.4) is 0 Å². The average Bonchev–Trinajstić information content (AvgIpc) is 2.66. The van der Waals surface area contributed by atoms with Crippen LogP contribution >= 0.6 is 12.4 Å². The Labute approximate surface area is 123 Å². The van der Waals surface area contributed by atoms with E-state index in [-0.39, 0.29) is 23.2 Å². The predicted molar refractivity (Wildman–Crippen MR) is 81.3 cm³/mol. The van der Waals surface area contributed by atoms with Crippen LogP contribution in [0.15, 0.2) is 0 Å². The molecule has 1 heterocycles. The third kappa shape index (κ3) is 3.25. The third-order valence-electron chi connectivity index (χ3n) is 4.90. The lowest BCUT2D eigenvalue weighted by Crippen LogP contribution is -2.48. The summed E-state index contributed by atoms with van der Waals surface area (Å²) in [6.07, 6.45) is 5.54. The van der Waals surface area contributed by atoms with Crippen molar-refractivity contribution in [3.8, 4) is 0 Å². The monoisotopic (exact) mass is 288 g/mol. The van der Waals surface area contributed by atoms with E-state index in [1.165, 1.54) is 6.42 Å². The maximum Gasteiger partial charge on any atom is 0.228 e. The van der Waals surface area contributed by atoms with E-state index < -0.39 is 0 Å². The number of amides is 1. The quantitative estimate of drug-likeness (QED) is 0.865. The van der Waals surface area contributed by atoms with E-state index in [9.17, 15) is 4.79 Å². The molecule has 0 aromatic carbocycles. The van der Waals surface area contributed by atoms with Crippen molar-refractivity contribution < 1.29 is 4.79 Å². The van der Waals surface area contributed by atoms with Gasteiger partial charge in [0.15, 0.2) is 0 Å². The minimum Gasteiger partial charge on any atom is -0.342 e. The Morgan fingerprint density at radius 1 is 1.32 bits per heavy atom. The van der Waals surface area contributed by atoms with Crippen LogP contribution in [-0.2, 0) is 4.79 Å². The lowest BCUT2D eigenvalue weighted by atomic mass is 9.63. The molecule has 1 aliphatic heterocycles. The maximum atomic E-state index is 12.8. The molecule has 2 aliphatic rings. The molecule has 2 N–H and O–H groups in total. The first-order valence-electron chi connectivity index (χ1n) is 7.40. The Balaban J connectivity index is 0.00000180. The summed E-state index contributed by atoms with van der Waals surface area (Å²) in [6, 6.07) is 0. The number of halogens is 1. The second-order valence-corrected chi connectivity index (χ2v) is 7.22. The van der Waals surface area contributed by atoms with Crippen molar-refractivity contribution >= 4 is 18.3 Å². The van der Waals surface area contributed by atoms with Gasteiger partial charge in [0.25, 0.3) is 0 Å². The molecule has 19 heavy (non-hydrogen) atoms. The van der Waals surface area contributed by atoms with Gasteiger partial charge in [-0.1, -0.05) is 27.2 Å². The van der Waals surface area contributed by atoms with Crippen molar-refractivity contribution in [1.29, 1.82) is 0 Å². The summed E-state index contributed by atoms with van der Waals surface area (Å²) < 4.78 is 0. The molecule has 1 atom stereocenters. The number of hydrogen-bond acceptors (Lipinski definition) is 2. The summed E-state index contributed by atoms with van der Waals surface area (Å²) in [5.74, 6) is 1.03. The van der Waals surface area contributed by atoms with Crippen molar-refractivity contribution in [3.63, 3.8) is 0 Å². The first-order chi connectivity index (χ1) is 8.41. The molecular formula is C15H29ClN2O. The molecule has 1 aliphatic carbocycles. The zero-order valence-corrected chi connectivity index (χ0v) is 13.4. The first kappa shape index (κ1) is 16.8. The van der Waals surface area contributed by atoms with Crippen LogP contribution < -0.4 is 5.73 Å². The molecular weight excluding hydrogens is 260 g/mol. The SMILES string of the molecule is CC(C)CC1(C(=O)N2CCC(C)(CN)C2)CCC1.Cl. The number of rotatable bonds is 4. The smallest absolute Gasteiger partial charge is 0.228 e. The van der Waals surface area contributed by atoms with Crippen molar-refractivity contribution in [1.82, 2.24) is 4.90 Å². The topological polar surface area (TPSA) is 46.3 Å². The fourth-order valence-electron chi connectivity index (χ4n) is 3.59. The molecule has 112 valence electrons. The number of nitrogens with zero attached hydrogens (tertiary/aromatic N) is 1. The van der Waals surface area contributed by atoms with E-state index >= 15 is 0 Å². The van der Waals surface area contributed by atoms with E-state index in [2.05, 4.69) is 25.7 Å². The Morgan fingerprint density at radius 2 is 1.95 bits per heavy atom. The molecule has 1 unspecified atom stereocenters. The van der Waals surface area contributed by atoms with Crippen LogP contribution in [0, 0.1) is 16.7 Å². The van der Waals surface area contributed by atoms with E-state index in [0.29, 0.717) is 18.4 Å². The molecule has 1 saturated carbocycles. The van der Waals surface area contributed by atoms with Crippen molar-refractivity contribution in [2.24, 2.45) is 22.5 Å². The second-order valence-electron chi connectivity index (χ2n) is 7.22. The van der Waals surface area contributed by atoms with Gasteiger partial charge in [-0.3, -0.25) is 4.79 Å². The Kier molecular flexibility index (Phi) is 5.30. The third-order valence-corrected chi connectivity index (χ3v) is 4.90. The van der Waals surface area contributed by atoms with E-state index in [1.54, 1.807) is 0 Å². The number of hydrogen-bond donors (Lipinski definition) is 1. The standard InChI is InChI=1S/C15H28N2O.ClH/c1-12(2)9-15(5-4-6-15)13(18)17-8-7-14(3,10-16)11-17;/h12H,4-11,16H2,1-3H3;1H. The number of carbonyl (C=O) groups excluding carboxylic acids is 1. The van der Waals surface area contributed by atoms with E-state index in [4.69, 9.17) is 5.73 Å². The Hall–Kier alpha value is -0.280. The molecule has 2 rings (SSSR count). The van der Waals surface area contributed by atoms with Crippen molar-refractivity contribution in [3.05, 3.63) is 0 Å². The molecule has 1 saturated heterocycles. The molecule has 0 bridgehead atoms. The van der Waals surface area contributed by atoms with Gasteiger partial charge < -0.3 is 10.6 Å². The minimum absolute atomic E-state index is 0. The zero-order chi connectivity index (χ0) is 13.4. The number of likely N-dealkylation sites (tertiary alicyclic amines) is 1. The first-order valence-corrected chi connectivity index (χ1v) is 7.40. The van der Waals surface area contributed by atoms with Gasteiger partial charge in [0.1, 0.15) is 0 Å². The second kappa shape index (κ2) is 6.01. The summed E-state index contributed by atoms with van der Waals surface area (Å²) in [5.41, 5.74) is 5.96. The van der Waals surface area contributed by atoms with Gasteiger partial charge in [-0.15, -0.1) is 12.4 Å². The summed E-state index contributed by atoms with van der Waals surface area (Å²) in [7, 11) is 0. The van der Waals surface area contributed by atoms with Gasteiger partial charge in [0.2, 0.25) is 5.91 Å². The zero-order valence-electron chi connectivity index (χ0n) is 12.6. The summed E-state index contributed by atoms with van der Waals surface area (Å²) in [4.78, 5) is 14.9. The Bertz CT molecular complexity index is 328. The normalized spacial score (nSPS) is 29.0. The fraction of sp³-hybridized carbons (Fsp3) is 0.933. The minimum atomic E-state index is -0.0198. The summed E-state index contributed by atoms with van der Waals surface area (Å²) in [5, 5.41) is 0. The van der Waals surface area contributed by atoms with Crippen molar-refractivity contribution in [2.75, 3.05) is 19.6 Å². The van der Waals surface area contributed by atoms with Gasteiger partial charge in [0, 0.05) is 18.5 Å². The van der Waals surface area contributed by atoms with E-state index in [0.717, 1.165) is 38.8 Å². The Morgan fingerprint density at radius 3 is 2.32 bits per heavy atom. The lowest BCUT2D eigenvalue weighted by molar-refractivity contribution is -0.148. The maximum absolute atomic E-state index is 12.8. The lowest BCUT2D eigenvalue weighted by Gasteiger charge is -2.44. The highest BCUT2D eigenvalue weighted by atomic mass is 35.5. The molecule has 2 fully saturated rings. The van der Waals surface area contributed by atoms with Crippen LogP contribution in [0.1, 0.15) is 52.9 Å². The van der Waals surface area contributed by atoms with Crippen LogP contribution in [0.2, 0.25) is 0 Å². The molecule has 0 aromatic rings. The number of carbonyl (C=O) groups is 1. The highest BCUT2D eigenvalue weighted by molar-refractivity contribution is 5.85.